The zero-order valence-corrected chi connectivity index (χ0v) is 16.7. The number of anilines is 1. The lowest BCUT2D eigenvalue weighted by Gasteiger charge is -2.44. The molecule has 3 heterocycles. The molecule has 1 aromatic carbocycles. The zero-order chi connectivity index (χ0) is 22.1. The highest BCUT2D eigenvalue weighted by atomic mass is 16.5. The minimum absolute atomic E-state index is 0.0699. The summed E-state index contributed by atoms with van der Waals surface area (Å²) in [7, 11) is 0. The van der Waals surface area contributed by atoms with Crippen LogP contribution in [0.1, 0.15) is 18.9 Å². The molecule has 0 bridgehead atoms. The van der Waals surface area contributed by atoms with Gasteiger partial charge in [0, 0.05) is 18.1 Å². The summed E-state index contributed by atoms with van der Waals surface area (Å²) >= 11 is 0. The SMILES string of the molecule is C[C@@H](O)[C@H]1C(=O)N2C(C(=O)O)=C(c3cccc(OCC(=O)Nc4ccncc4)c3)C[C@H]12. The van der Waals surface area contributed by atoms with Gasteiger partial charge in [0.05, 0.1) is 18.1 Å². The molecule has 2 amide bonds. The van der Waals surface area contributed by atoms with E-state index in [1.165, 1.54) is 11.8 Å². The Bertz CT molecular complexity index is 1070. The van der Waals surface area contributed by atoms with Crippen LogP contribution in [0.25, 0.3) is 5.57 Å². The molecular weight excluding hydrogens is 402 g/mol. The van der Waals surface area contributed by atoms with Crippen molar-refractivity contribution in [2.24, 2.45) is 5.92 Å². The molecular formula is C22H21N3O6. The van der Waals surface area contributed by atoms with E-state index in [1.807, 2.05) is 0 Å². The number of carbonyl (C=O) groups is 3. The minimum atomic E-state index is -1.20. The summed E-state index contributed by atoms with van der Waals surface area (Å²) in [6, 6.07) is 9.68. The van der Waals surface area contributed by atoms with E-state index in [0.717, 1.165) is 0 Å². The molecule has 3 atom stereocenters. The number of aliphatic hydroxyl groups excluding tert-OH is 1. The average molecular weight is 423 g/mol. The summed E-state index contributed by atoms with van der Waals surface area (Å²) in [6.45, 7) is 1.30. The number of carboxylic acid groups (broad SMARTS) is 1. The second-order valence-electron chi connectivity index (χ2n) is 7.48. The van der Waals surface area contributed by atoms with Crippen LogP contribution in [0, 0.1) is 5.92 Å². The van der Waals surface area contributed by atoms with Crippen LogP contribution in [-0.2, 0) is 14.4 Å². The Kier molecular flexibility index (Phi) is 5.43. The normalized spacial score (nSPS) is 20.7. The van der Waals surface area contributed by atoms with Crippen molar-refractivity contribution in [1.29, 1.82) is 0 Å². The molecule has 1 saturated heterocycles. The molecule has 2 aromatic rings. The first-order chi connectivity index (χ1) is 14.9. The first kappa shape index (κ1) is 20.5. The topological polar surface area (TPSA) is 129 Å². The third-order valence-electron chi connectivity index (χ3n) is 5.45. The number of hydrogen-bond acceptors (Lipinski definition) is 6. The Balaban J connectivity index is 1.50. The zero-order valence-electron chi connectivity index (χ0n) is 16.7. The van der Waals surface area contributed by atoms with Crippen LogP contribution in [0.4, 0.5) is 5.69 Å². The molecule has 0 aliphatic carbocycles. The number of nitrogens with zero attached hydrogens (tertiary/aromatic N) is 2. The smallest absolute Gasteiger partial charge is 0.352 e. The van der Waals surface area contributed by atoms with Crippen molar-refractivity contribution in [3.8, 4) is 5.75 Å². The number of carbonyl (C=O) groups excluding carboxylic acids is 2. The fourth-order valence-electron chi connectivity index (χ4n) is 4.08. The molecule has 31 heavy (non-hydrogen) atoms. The van der Waals surface area contributed by atoms with Crippen LogP contribution in [0.15, 0.2) is 54.5 Å². The number of nitrogens with one attached hydrogen (secondary N) is 1. The lowest BCUT2D eigenvalue weighted by molar-refractivity contribution is -0.161. The van der Waals surface area contributed by atoms with Crippen molar-refractivity contribution in [2.45, 2.75) is 25.5 Å². The van der Waals surface area contributed by atoms with E-state index >= 15 is 0 Å². The van der Waals surface area contributed by atoms with E-state index in [0.29, 0.717) is 29.0 Å². The van der Waals surface area contributed by atoms with Crippen molar-refractivity contribution in [3.63, 3.8) is 0 Å². The molecule has 3 N–H and O–H groups in total. The fraction of sp³-hybridized carbons (Fsp3) is 0.273. The predicted octanol–water partition coefficient (Wildman–Crippen LogP) is 1.51. The highest BCUT2D eigenvalue weighted by molar-refractivity contribution is 6.06. The van der Waals surface area contributed by atoms with Crippen LogP contribution in [0.5, 0.6) is 5.75 Å². The van der Waals surface area contributed by atoms with Crippen molar-refractivity contribution in [1.82, 2.24) is 9.88 Å². The number of benzene rings is 1. The second-order valence-corrected chi connectivity index (χ2v) is 7.48. The number of hydrogen-bond donors (Lipinski definition) is 3. The maximum absolute atomic E-state index is 12.4. The molecule has 9 nitrogen and oxygen atoms in total. The summed E-state index contributed by atoms with van der Waals surface area (Å²) in [6.07, 6.45) is 2.60. The van der Waals surface area contributed by atoms with Gasteiger partial charge in [-0.25, -0.2) is 4.79 Å². The number of aromatic nitrogens is 1. The summed E-state index contributed by atoms with van der Waals surface area (Å²) in [4.78, 5) is 41.5. The van der Waals surface area contributed by atoms with Crippen LogP contribution >= 0.6 is 0 Å². The average Bonchev–Trinajstić information content (AvgIpc) is 3.08. The number of fused-ring (bicyclic) bond motifs is 1. The highest BCUT2D eigenvalue weighted by Crippen LogP contribution is 2.47. The van der Waals surface area contributed by atoms with Gasteiger partial charge in [-0.2, -0.15) is 0 Å². The maximum atomic E-state index is 12.4. The summed E-state index contributed by atoms with van der Waals surface area (Å²) in [5, 5.41) is 22.2. The van der Waals surface area contributed by atoms with Crippen LogP contribution in [0.3, 0.4) is 0 Å². The largest absolute Gasteiger partial charge is 0.484 e. The molecule has 9 heteroatoms. The van der Waals surface area contributed by atoms with Crippen molar-refractivity contribution in [2.75, 3.05) is 11.9 Å². The van der Waals surface area contributed by atoms with Gasteiger partial charge >= 0.3 is 5.97 Å². The van der Waals surface area contributed by atoms with Gasteiger partial charge in [-0.3, -0.25) is 14.6 Å². The molecule has 2 aliphatic heterocycles. The van der Waals surface area contributed by atoms with Crippen molar-refractivity contribution in [3.05, 3.63) is 60.1 Å². The van der Waals surface area contributed by atoms with E-state index in [2.05, 4.69) is 10.3 Å². The van der Waals surface area contributed by atoms with E-state index in [9.17, 15) is 24.6 Å². The summed E-state index contributed by atoms with van der Waals surface area (Å²) in [5.41, 5.74) is 1.62. The second kappa shape index (κ2) is 8.19. The van der Waals surface area contributed by atoms with E-state index in [1.54, 1.807) is 48.8 Å². The Labute approximate surface area is 178 Å². The van der Waals surface area contributed by atoms with Gasteiger partial charge in [0.15, 0.2) is 6.61 Å². The predicted molar refractivity (Wildman–Crippen MR) is 110 cm³/mol. The Morgan fingerprint density at radius 1 is 1.29 bits per heavy atom. The first-order valence-corrected chi connectivity index (χ1v) is 9.77. The lowest BCUT2D eigenvalue weighted by atomic mass is 9.82. The van der Waals surface area contributed by atoms with Crippen LogP contribution in [-0.4, -0.2) is 56.6 Å². The Hall–Kier alpha value is -3.72. The van der Waals surface area contributed by atoms with Gasteiger partial charge in [-0.15, -0.1) is 0 Å². The molecule has 1 fully saturated rings. The molecule has 1 aromatic heterocycles. The van der Waals surface area contributed by atoms with Crippen LogP contribution < -0.4 is 10.1 Å². The van der Waals surface area contributed by atoms with Gasteiger partial charge in [0.1, 0.15) is 11.4 Å². The summed E-state index contributed by atoms with van der Waals surface area (Å²) < 4.78 is 5.57. The number of β-lactam (4-membered cyclic amide) rings is 1. The fourth-order valence-corrected chi connectivity index (χ4v) is 4.08. The van der Waals surface area contributed by atoms with Gasteiger partial charge in [-0.1, -0.05) is 12.1 Å². The third kappa shape index (κ3) is 3.87. The quantitative estimate of drug-likeness (QED) is 0.576. The molecule has 0 unspecified atom stereocenters. The molecule has 2 aliphatic rings. The molecule has 0 spiro atoms. The van der Waals surface area contributed by atoms with E-state index < -0.39 is 18.0 Å². The Morgan fingerprint density at radius 3 is 2.71 bits per heavy atom. The maximum Gasteiger partial charge on any atom is 0.352 e. The highest BCUT2D eigenvalue weighted by Gasteiger charge is 2.56. The van der Waals surface area contributed by atoms with Gasteiger partial charge in [0.25, 0.3) is 5.91 Å². The number of ether oxygens (including phenoxy) is 1. The van der Waals surface area contributed by atoms with E-state index in [-0.39, 0.29) is 30.2 Å². The molecule has 0 saturated carbocycles. The monoisotopic (exact) mass is 423 g/mol. The Morgan fingerprint density at radius 2 is 2.03 bits per heavy atom. The molecule has 160 valence electrons. The van der Waals surface area contributed by atoms with Gasteiger partial charge in [-0.05, 0) is 48.7 Å². The van der Waals surface area contributed by atoms with Crippen molar-refractivity contribution < 1.29 is 29.3 Å². The number of amides is 2. The molecule has 0 radical (unpaired) electrons. The van der Waals surface area contributed by atoms with Crippen molar-refractivity contribution >= 4 is 29.0 Å². The standard InChI is InChI=1S/C22H21N3O6/c1-12(26)19-17-10-16(20(22(29)30)25(17)21(19)28)13-3-2-4-15(9-13)31-11-18(27)24-14-5-7-23-8-6-14/h2-9,12,17,19,26H,10-11H2,1H3,(H,29,30)(H,23,24,27)/t12-,17-,19-/m1/s1. The van der Waals surface area contributed by atoms with E-state index in [4.69, 9.17) is 4.74 Å². The number of aliphatic carboxylic acids is 1. The minimum Gasteiger partial charge on any atom is -0.484 e. The number of rotatable bonds is 7. The number of carboxylic acids is 1. The molecule has 4 rings (SSSR count). The lowest BCUT2D eigenvalue weighted by Crippen LogP contribution is -2.61. The number of pyridine rings is 1. The first-order valence-electron chi connectivity index (χ1n) is 9.77. The number of aliphatic hydroxyl groups is 1. The summed E-state index contributed by atoms with van der Waals surface area (Å²) in [5.74, 6) is -2.14. The van der Waals surface area contributed by atoms with Gasteiger partial charge in [0.2, 0.25) is 5.91 Å². The van der Waals surface area contributed by atoms with Crippen LogP contribution in [0.2, 0.25) is 0 Å². The van der Waals surface area contributed by atoms with Gasteiger partial charge < -0.3 is 25.2 Å². The third-order valence-corrected chi connectivity index (χ3v) is 5.45.